The Morgan fingerprint density at radius 3 is 2.30 bits per heavy atom. The summed E-state index contributed by atoms with van der Waals surface area (Å²) in [6.07, 6.45) is -5.03. The second kappa shape index (κ2) is 4.99. The third-order valence-electron chi connectivity index (χ3n) is 2.78. The molecule has 0 spiro atoms. The molecule has 0 fully saturated rings. The number of hydrogen-bond acceptors (Lipinski definition) is 4. The van der Waals surface area contributed by atoms with Gasteiger partial charge in [-0.25, -0.2) is 4.79 Å². The molecule has 0 radical (unpaired) electrons. The Balaban J connectivity index is 3.18. The molecule has 1 atom stereocenters. The quantitative estimate of drug-likeness (QED) is 0.657. The molecule has 6 nitrogen and oxygen atoms in total. The molecule has 110 valence electrons. The average molecular weight is 292 g/mol. The molecule has 0 heterocycles. The molecule has 0 bridgehead atoms. The number of nitrogens with one attached hydrogen (secondary N) is 1. The molecule has 0 aliphatic heterocycles. The smallest absolute Gasteiger partial charge is 0.422 e. The SMILES string of the molecule is Cc1cc(NC(C)(C(=O)O)C(F)(F)F)ccc1[N+](=O)[O-]. The van der Waals surface area contributed by atoms with Gasteiger partial charge in [0.05, 0.1) is 4.92 Å². The molecule has 0 saturated heterocycles. The number of hydrogen-bond donors (Lipinski definition) is 2. The van der Waals surface area contributed by atoms with E-state index in [-0.39, 0.29) is 16.9 Å². The van der Waals surface area contributed by atoms with Crippen LogP contribution in [-0.4, -0.2) is 27.7 Å². The predicted molar refractivity (Wildman–Crippen MR) is 63.6 cm³/mol. The van der Waals surface area contributed by atoms with E-state index in [4.69, 9.17) is 5.11 Å². The van der Waals surface area contributed by atoms with Crippen molar-refractivity contribution in [1.29, 1.82) is 0 Å². The standard InChI is InChI=1S/C11H11F3N2O4/c1-6-5-7(3-4-8(6)16(19)20)15-10(2,9(17)18)11(12,13)14/h3-5,15H,1-2H3,(H,17,18). The number of nitro benzene ring substituents is 1. The van der Waals surface area contributed by atoms with Crippen molar-refractivity contribution in [3.63, 3.8) is 0 Å². The van der Waals surface area contributed by atoms with Crippen molar-refractivity contribution < 1.29 is 28.0 Å². The molecule has 1 rings (SSSR count). The summed E-state index contributed by atoms with van der Waals surface area (Å²) in [4.78, 5) is 20.8. The Morgan fingerprint density at radius 2 is 1.95 bits per heavy atom. The van der Waals surface area contributed by atoms with Crippen LogP contribution in [0.5, 0.6) is 0 Å². The van der Waals surface area contributed by atoms with Crippen LogP contribution in [-0.2, 0) is 4.79 Å². The van der Waals surface area contributed by atoms with Crippen LogP contribution in [0.2, 0.25) is 0 Å². The van der Waals surface area contributed by atoms with Gasteiger partial charge in [0.25, 0.3) is 5.69 Å². The average Bonchev–Trinajstić information content (AvgIpc) is 2.26. The molecular formula is C11H11F3N2O4. The summed E-state index contributed by atoms with van der Waals surface area (Å²) in [6, 6.07) is 3.12. The van der Waals surface area contributed by atoms with Crippen LogP contribution in [0.25, 0.3) is 0 Å². The van der Waals surface area contributed by atoms with Crippen LogP contribution in [0, 0.1) is 17.0 Å². The van der Waals surface area contributed by atoms with Crippen molar-refractivity contribution in [3.05, 3.63) is 33.9 Å². The number of alkyl halides is 3. The summed E-state index contributed by atoms with van der Waals surface area (Å²) in [6.45, 7) is 1.82. The number of carbonyl (C=O) groups is 1. The van der Waals surface area contributed by atoms with Gasteiger partial charge in [0.15, 0.2) is 0 Å². The number of rotatable bonds is 4. The van der Waals surface area contributed by atoms with Crippen molar-refractivity contribution in [2.75, 3.05) is 5.32 Å². The lowest BCUT2D eigenvalue weighted by Gasteiger charge is -2.29. The Labute approximate surface area is 111 Å². The van der Waals surface area contributed by atoms with Gasteiger partial charge < -0.3 is 10.4 Å². The van der Waals surface area contributed by atoms with Gasteiger partial charge in [-0.1, -0.05) is 0 Å². The highest BCUT2D eigenvalue weighted by Gasteiger charge is 2.57. The third kappa shape index (κ3) is 2.81. The Morgan fingerprint density at radius 1 is 1.40 bits per heavy atom. The van der Waals surface area contributed by atoms with Gasteiger partial charge >= 0.3 is 12.1 Å². The number of carboxylic acids is 1. The van der Waals surface area contributed by atoms with Crippen molar-refractivity contribution in [2.24, 2.45) is 0 Å². The normalized spacial score (nSPS) is 14.4. The van der Waals surface area contributed by atoms with Gasteiger partial charge in [-0.3, -0.25) is 10.1 Å². The number of nitrogens with zero attached hydrogens (tertiary/aromatic N) is 1. The van der Waals surface area contributed by atoms with Crippen molar-refractivity contribution >= 4 is 17.3 Å². The van der Waals surface area contributed by atoms with Gasteiger partial charge in [-0.15, -0.1) is 0 Å². The number of anilines is 1. The van der Waals surface area contributed by atoms with E-state index in [9.17, 15) is 28.1 Å². The molecule has 0 aliphatic rings. The van der Waals surface area contributed by atoms with Gasteiger partial charge in [0, 0.05) is 17.3 Å². The van der Waals surface area contributed by atoms with E-state index in [0.29, 0.717) is 6.92 Å². The first kappa shape index (κ1) is 15.7. The lowest BCUT2D eigenvalue weighted by atomic mass is 10.0. The van der Waals surface area contributed by atoms with Gasteiger partial charge in [-0.05, 0) is 26.0 Å². The summed E-state index contributed by atoms with van der Waals surface area (Å²) < 4.78 is 38.4. The molecule has 0 aliphatic carbocycles. The maximum Gasteiger partial charge on any atom is 0.422 e. The highest BCUT2D eigenvalue weighted by atomic mass is 19.4. The zero-order valence-electron chi connectivity index (χ0n) is 10.5. The topological polar surface area (TPSA) is 92.5 Å². The summed E-state index contributed by atoms with van der Waals surface area (Å²) >= 11 is 0. The van der Waals surface area contributed by atoms with Gasteiger partial charge in [0.2, 0.25) is 5.54 Å². The fraction of sp³-hybridized carbons (Fsp3) is 0.364. The van der Waals surface area contributed by atoms with Crippen LogP contribution < -0.4 is 5.32 Å². The van der Waals surface area contributed by atoms with Crippen LogP contribution in [0.4, 0.5) is 24.5 Å². The number of halogens is 3. The Bertz CT molecular complexity index is 559. The maximum atomic E-state index is 12.8. The van der Waals surface area contributed by atoms with E-state index in [1.807, 2.05) is 5.32 Å². The minimum absolute atomic E-state index is 0.120. The van der Waals surface area contributed by atoms with E-state index >= 15 is 0 Å². The molecule has 20 heavy (non-hydrogen) atoms. The number of aryl methyl sites for hydroxylation is 1. The highest BCUT2D eigenvalue weighted by Crippen LogP contribution is 2.34. The molecule has 0 saturated carbocycles. The summed E-state index contributed by atoms with van der Waals surface area (Å²) in [5.74, 6) is -2.10. The van der Waals surface area contributed by atoms with E-state index in [2.05, 4.69) is 0 Å². The zero-order chi connectivity index (χ0) is 15.7. The summed E-state index contributed by atoms with van der Waals surface area (Å²) in [5.41, 5.74) is -3.50. The number of carboxylic acid groups (broad SMARTS) is 1. The fourth-order valence-corrected chi connectivity index (χ4v) is 1.47. The fourth-order valence-electron chi connectivity index (χ4n) is 1.47. The molecule has 1 unspecified atom stereocenters. The molecule has 1 aromatic rings. The minimum Gasteiger partial charge on any atom is -0.479 e. The largest absolute Gasteiger partial charge is 0.479 e. The molecule has 2 N–H and O–H groups in total. The third-order valence-corrected chi connectivity index (χ3v) is 2.78. The van der Waals surface area contributed by atoms with Crippen LogP contribution in [0.15, 0.2) is 18.2 Å². The first-order valence-electron chi connectivity index (χ1n) is 5.32. The van der Waals surface area contributed by atoms with Crippen molar-refractivity contribution in [1.82, 2.24) is 0 Å². The van der Waals surface area contributed by atoms with E-state index < -0.39 is 22.6 Å². The molecular weight excluding hydrogens is 281 g/mol. The van der Waals surface area contributed by atoms with Crippen molar-refractivity contribution in [3.8, 4) is 0 Å². The van der Waals surface area contributed by atoms with E-state index in [1.165, 1.54) is 6.92 Å². The second-order valence-corrected chi connectivity index (χ2v) is 4.31. The molecule has 0 amide bonds. The summed E-state index contributed by atoms with van der Waals surface area (Å²) in [7, 11) is 0. The predicted octanol–water partition coefficient (Wildman–Crippen LogP) is 2.72. The maximum absolute atomic E-state index is 12.8. The first-order chi connectivity index (χ1) is 8.99. The van der Waals surface area contributed by atoms with E-state index in [0.717, 1.165) is 18.2 Å². The van der Waals surface area contributed by atoms with Crippen LogP contribution in [0.3, 0.4) is 0 Å². The number of aliphatic carboxylic acids is 1. The number of benzene rings is 1. The van der Waals surface area contributed by atoms with Crippen LogP contribution >= 0.6 is 0 Å². The second-order valence-electron chi connectivity index (χ2n) is 4.31. The molecule has 0 aromatic heterocycles. The van der Waals surface area contributed by atoms with Gasteiger partial charge in [0.1, 0.15) is 0 Å². The monoisotopic (exact) mass is 292 g/mol. The van der Waals surface area contributed by atoms with E-state index in [1.54, 1.807) is 0 Å². The van der Waals surface area contributed by atoms with Gasteiger partial charge in [-0.2, -0.15) is 13.2 Å². The summed E-state index contributed by atoms with van der Waals surface area (Å²) in [5, 5.41) is 21.2. The lowest BCUT2D eigenvalue weighted by Crippen LogP contribution is -2.55. The van der Waals surface area contributed by atoms with Crippen LogP contribution in [0.1, 0.15) is 12.5 Å². The number of nitro groups is 1. The van der Waals surface area contributed by atoms with Crippen molar-refractivity contribution in [2.45, 2.75) is 25.6 Å². The zero-order valence-corrected chi connectivity index (χ0v) is 10.5. The molecule has 9 heteroatoms. The Hall–Kier alpha value is -2.32. The Kier molecular flexibility index (Phi) is 3.92. The minimum atomic E-state index is -5.03. The first-order valence-corrected chi connectivity index (χ1v) is 5.32. The molecule has 1 aromatic carbocycles. The lowest BCUT2D eigenvalue weighted by molar-refractivity contribution is -0.385. The highest BCUT2D eigenvalue weighted by molar-refractivity contribution is 5.83.